The highest BCUT2D eigenvalue weighted by atomic mass is 32.2. The molecule has 0 saturated heterocycles. The summed E-state index contributed by atoms with van der Waals surface area (Å²) in [7, 11) is 0. The van der Waals surface area contributed by atoms with Crippen molar-refractivity contribution in [3.63, 3.8) is 0 Å². The van der Waals surface area contributed by atoms with E-state index in [0.29, 0.717) is 22.0 Å². The van der Waals surface area contributed by atoms with Crippen LogP contribution in [0.5, 0.6) is 0 Å². The highest BCUT2D eigenvalue weighted by Gasteiger charge is 2.12. The predicted molar refractivity (Wildman–Crippen MR) is 110 cm³/mol. The van der Waals surface area contributed by atoms with Crippen molar-refractivity contribution in [2.75, 3.05) is 23.7 Å². The standard InChI is InChI=1S/C20H24N4O2S/c1-4-7-10-27-20-22-17(13-21-23-20)16-11-14-8-9-15(24(5-2)6-3)12-18(14)26-19(16)25/h8-9,11-13H,4-7,10H2,1-3H3. The first-order valence-electron chi connectivity index (χ1n) is 9.32. The molecular formula is C20H24N4O2S. The van der Waals surface area contributed by atoms with Crippen LogP contribution in [-0.2, 0) is 0 Å². The van der Waals surface area contributed by atoms with Crippen LogP contribution < -0.4 is 10.5 Å². The molecule has 0 fully saturated rings. The summed E-state index contributed by atoms with van der Waals surface area (Å²) in [6.45, 7) is 8.14. The monoisotopic (exact) mass is 384 g/mol. The summed E-state index contributed by atoms with van der Waals surface area (Å²) >= 11 is 1.55. The maximum absolute atomic E-state index is 12.6. The molecule has 2 heterocycles. The van der Waals surface area contributed by atoms with Crippen LogP contribution in [0.25, 0.3) is 22.2 Å². The number of fused-ring (bicyclic) bond motifs is 1. The summed E-state index contributed by atoms with van der Waals surface area (Å²) in [5, 5.41) is 9.48. The van der Waals surface area contributed by atoms with Crippen LogP contribution in [0.2, 0.25) is 0 Å². The molecule has 0 aliphatic rings. The fraction of sp³-hybridized carbons (Fsp3) is 0.400. The van der Waals surface area contributed by atoms with Gasteiger partial charge in [0.05, 0.1) is 11.8 Å². The van der Waals surface area contributed by atoms with Crippen molar-refractivity contribution < 1.29 is 4.42 Å². The number of benzene rings is 1. The van der Waals surface area contributed by atoms with E-state index in [1.54, 1.807) is 11.8 Å². The molecule has 2 aromatic heterocycles. The van der Waals surface area contributed by atoms with Crippen molar-refractivity contribution in [3.05, 3.63) is 40.9 Å². The number of hydrogen-bond acceptors (Lipinski definition) is 7. The Hall–Kier alpha value is -2.41. The number of nitrogens with zero attached hydrogens (tertiary/aromatic N) is 4. The van der Waals surface area contributed by atoms with Gasteiger partial charge in [-0.3, -0.25) is 0 Å². The van der Waals surface area contributed by atoms with Gasteiger partial charge >= 0.3 is 5.63 Å². The topological polar surface area (TPSA) is 72.1 Å². The summed E-state index contributed by atoms with van der Waals surface area (Å²) in [6, 6.07) is 7.75. The maximum Gasteiger partial charge on any atom is 0.345 e. The van der Waals surface area contributed by atoms with Crippen LogP contribution in [0.3, 0.4) is 0 Å². The fourth-order valence-corrected chi connectivity index (χ4v) is 3.73. The van der Waals surface area contributed by atoms with Gasteiger partial charge in [-0.25, -0.2) is 9.78 Å². The van der Waals surface area contributed by atoms with E-state index >= 15 is 0 Å². The average molecular weight is 385 g/mol. The van der Waals surface area contributed by atoms with E-state index in [9.17, 15) is 4.79 Å². The number of rotatable bonds is 8. The van der Waals surface area contributed by atoms with Crippen LogP contribution >= 0.6 is 11.8 Å². The molecule has 0 unspecified atom stereocenters. The maximum atomic E-state index is 12.6. The van der Waals surface area contributed by atoms with Crippen molar-refractivity contribution >= 4 is 28.4 Å². The van der Waals surface area contributed by atoms with Crippen molar-refractivity contribution in [3.8, 4) is 11.3 Å². The number of aromatic nitrogens is 3. The third kappa shape index (κ3) is 4.47. The molecule has 142 valence electrons. The molecule has 0 aliphatic carbocycles. The third-order valence-electron chi connectivity index (χ3n) is 4.39. The second-order valence-electron chi connectivity index (χ2n) is 6.17. The summed E-state index contributed by atoms with van der Waals surface area (Å²) in [5.74, 6) is 0.933. The van der Waals surface area contributed by atoms with E-state index in [1.807, 2.05) is 24.3 Å². The van der Waals surface area contributed by atoms with Gasteiger partial charge in [0.25, 0.3) is 0 Å². The lowest BCUT2D eigenvalue weighted by molar-refractivity contribution is 0.562. The molecule has 7 heteroatoms. The lowest BCUT2D eigenvalue weighted by Crippen LogP contribution is -2.21. The molecular weight excluding hydrogens is 360 g/mol. The molecule has 0 bridgehead atoms. The van der Waals surface area contributed by atoms with E-state index in [1.165, 1.54) is 6.20 Å². The van der Waals surface area contributed by atoms with Gasteiger partial charge in [-0.1, -0.05) is 25.1 Å². The second-order valence-corrected chi connectivity index (χ2v) is 7.23. The summed E-state index contributed by atoms with van der Waals surface area (Å²) in [6.07, 6.45) is 3.71. The number of hydrogen-bond donors (Lipinski definition) is 0. The summed E-state index contributed by atoms with van der Waals surface area (Å²) in [5.41, 5.74) is 2.11. The van der Waals surface area contributed by atoms with Crippen LogP contribution in [0.15, 0.2) is 44.8 Å². The molecule has 0 spiro atoms. The average Bonchev–Trinajstić information content (AvgIpc) is 2.69. The highest BCUT2D eigenvalue weighted by molar-refractivity contribution is 7.99. The Morgan fingerprint density at radius 3 is 2.70 bits per heavy atom. The molecule has 0 N–H and O–H groups in total. The Labute approximate surface area is 163 Å². The van der Waals surface area contributed by atoms with Crippen LogP contribution in [0, 0.1) is 0 Å². The first-order chi connectivity index (χ1) is 13.2. The quantitative estimate of drug-likeness (QED) is 0.324. The van der Waals surface area contributed by atoms with Crippen molar-refractivity contribution in [2.45, 2.75) is 38.8 Å². The highest BCUT2D eigenvalue weighted by Crippen LogP contribution is 2.25. The van der Waals surface area contributed by atoms with E-state index in [4.69, 9.17) is 4.42 Å². The van der Waals surface area contributed by atoms with Gasteiger partial charge in [-0.05, 0) is 38.5 Å². The lowest BCUT2D eigenvalue weighted by atomic mass is 10.1. The Bertz CT molecular complexity index is 970. The third-order valence-corrected chi connectivity index (χ3v) is 5.32. The molecule has 0 saturated carbocycles. The largest absolute Gasteiger partial charge is 0.422 e. The van der Waals surface area contributed by atoms with E-state index in [0.717, 1.165) is 42.8 Å². The van der Waals surface area contributed by atoms with Gasteiger partial charge in [-0.2, -0.15) is 5.10 Å². The smallest absolute Gasteiger partial charge is 0.345 e. The summed E-state index contributed by atoms with van der Waals surface area (Å²) < 4.78 is 5.59. The molecule has 3 aromatic rings. The van der Waals surface area contributed by atoms with Crippen molar-refractivity contribution in [1.82, 2.24) is 15.2 Å². The van der Waals surface area contributed by atoms with Gasteiger partial charge < -0.3 is 9.32 Å². The van der Waals surface area contributed by atoms with Gasteiger partial charge in [0, 0.05) is 36.0 Å². The predicted octanol–water partition coefficient (Wildman–Crippen LogP) is 4.38. The zero-order valence-corrected chi connectivity index (χ0v) is 16.8. The minimum absolute atomic E-state index is 0.408. The molecule has 3 rings (SSSR count). The molecule has 0 amide bonds. The second kappa shape index (κ2) is 8.99. The summed E-state index contributed by atoms with van der Waals surface area (Å²) in [4.78, 5) is 19.2. The number of anilines is 1. The Morgan fingerprint density at radius 2 is 1.96 bits per heavy atom. The van der Waals surface area contributed by atoms with Gasteiger partial charge in [-0.15, -0.1) is 5.10 Å². The van der Waals surface area contributed by atoms with Crippen LogP contribution in [0.1, 0.15) is 33.6 Å². The van der Waals surface area contributed by atoms with E-state index < -0.39 is 5.63 Å². The molecule has 0 radical (unpaired) electrons. The molecule has 27 heavy (non-hydrogen) atoms. The molecule has 0 atom stereocenters. The van der Waals surface area contributed by atoms with Crippen molar-refractivity contribution in [1.29, 1.82) is 0 Å². The molecule has 1 aromatic carbocycles. The molecule has 6 nitrogen and oxygen atoms in total. The Kier molecular flexibility index (Phi) is 6.45. The minimum atomic E-state index is -0.413. The first kappa shape index (κ1) is 19.4. The number of thioether (sulfide) groups is 1. The van der Waals surface area contributed by atoms with Gasteiger partial charge in [0.2, 0.25) is 5.16 Å². The van der Waals surface area contributed by atoms with E-state index in [2.05, 4.69) is 40.9 Å². The van der Waals surface area contributed by atoms with Gasteiger partial charge in [0.15, 0.2) is 0 Å². The normalized spacial score (nSPS) is 11.1. The number of unbranched alkanes of at least 4 members (excludes halogenated alkanes) is 1. The molecule has 0 aliphatic heterocycles. The Balaban J connectivity index is 1.96. The Morgan fingerprint density at radius 1 is 1.15 bits per heavy atom. The minimum Gasteiger partial charge on any atom is -0.422 e. The van der Waals surface area contributed by atoms with Crippen molar-refractivity contribution in [2.24, 2.45) is 0 Å². The zero-order chi connectivity index (χ0) is 19.2. The zero-order valence-electron chi connectivity index (χ0n) is 15.9. The van der Waals surface area contributed by atoms with Gasteiger partial charge in [0.1, 0.15) is 11.3 Å². The SMILES string of the molecule is CCCCSc1nncc(-c2cc3ccc(N(CC)CC)cc3oc2=O)n1. The van der Waals surface area contributed by atoms with E-state index in [-0.39, 0.29) is 0 Å². The van der Waals surface area contributed by atoms with Crippen LogP contribution in [-0.4, -0.2) is 34.0 Å². The lowest BCUT2D eigenvalue weighted by Gasteiger charge is -2.21. The fourth-order valence-electron chi connectivity index (χ4n) is 2.85. The van der Waals surface area contributed by atoms with Crippen LogP contribution in [0.4, 0.5) is 5.69 Å². The first-order valence-corrected chi connectivity index (χ1v) is 10.3.